The van der Waals surface area contributed by atoms with Crippen molar-refractivity contribution in [1.29, 1.82) is 0 Å². The molecule has 1 aromatic rings. The molecule has 0 unspecified atom stereocenters. The van der Waals surface area contributed by atoms with E-state index in [1.807, 2.05) is 0 Å². The van der Waals surface area contributed by atoms with Crippen molar-refractivity contribution in [2.75, 3.05) is 10.6 Å². The second kappa shape index (κ2) is 2.41. The largest absolute Gasteiger partial charge is 0.506 e. The first-order chi connectivity index (χ1) is 5.77. The molecular weight excluding hydrogens is 156 g/mol. The Hall–Kier alpha value is -1.71. The highest BCUT2D eigenvalue weighted by molar-refractivity contribution is 6.05. The molecule has 1 aliphatic rings. The summed E-state index contributed by atoms with van der Waals surface area (Å²) in [5.74, 6) is -0.0862. The number of anilines is 2. The molecule has 61 valence electrons. The molecule has 12 heavy (non-hydrogen) atoms. The predicted octanol–water partition coefficient (Wildman–Crippen LogP) is 0.918. The third kappa shape index (κ3) is 0.972. The zero-order valence-electron chi connectivity index (χ0n) is 6.16. The van der Waals surface area contributed by atoms with Gasteiger partial charge in [-0.15, -0.1) is 0 Å². The van der Waals surface area contributed by atoms with Gasteiger partial charge in [0.15, 0.2) is 0 Å². The van der Waals surface area contributed by atoms with Crippen molar-refractivity contribution >= 4 is 17.3 Å². The molecule has 1 aliphatic heterocycles. The number of para-hydroxylation sites is 1. The van der Waals surface area contributed by atoms with Crippen LogP contribution in [-0.2, 0) is 4.79 Å². The minimum atomic E-state index is -0.215. The van der Waals surface area contributed by atoms with Crippen molar-refractivity contribution in [2.45, 2.75) is 0 Å². The average Bonchev–Trinajstić information content (AvgIpc) is 2.04. The molecule has 1 amide bonds. The van der Waals surface area contributed by atoms with E-state index in [1.54, 1.807) is 18.2 Å². The number of aromatic hydroxyl groups is 1. The molecule has 4 nitrogen and oxygen atoms in total. The Morgan fingerprint density at radius 3 is 3.00 bits per heavy atom. The molecule has 0 fully saturated rings. The molecular formula is C8H7N2O2. The summed E-state index contributed by atoms with van der Waals surface area (Å²) in [6, 6.07) is 4.94. The first kappa shape index (κ1) is 6.97. The number of fused-ring (bicyclic) bond motifs is 1. The minimum Gasteiger partial charge on any atom is -0.506 e. The summed E-state index contributed by atoms with van der Waals surface area (Å²) in [5, 5.41) is 14.6. The van der Waals surface area contributed by atoms with Gasteiger partial charge in [-0.05, 0) is 12.1 Å². The van der Waals surface area contributed by atoms with Gasteiger partial charge < -0.3 is 15.7 Å². The maximum absolute atomic E-state index is 10.8. The smallest absolute Gasteiger partial charge is 0.249 e. The van der Waals surface area contributed by atoms with Crippen molar-refractivity contribution < 1.29 is 9.90 Å². The Kier molecular flexibility index (Phi) is 1.40. The lowest BCUT2D eigenvalue weighted by atomic mass is 10.2. The third-order valence-corrected chi connectivity index (χ3v) is 1.65. The van der Waals surface area contributed by atoms with Gasteiger partial charge in [0.1, 0.15) is 18.0 Å². The number of carbonyl (C=O) groups is 1. The number of amides is 1. The van der Waals surface area contributed by atoms with Crippen molar-refractivity contribution in [3.05, 3.63) is 24.7 Å². The fraction of sp³-hybridized carbons (Fsp3) is 0. The van der Waals surface area contributed by atoms with Gasteiger partial charge in [-0.1, -0.05) is 6.07 Å². The summed E-state index contributed by atoms with van der Waals surface area (Å²) in [6.07, 6.45) is 0. The normalized spacial score (nSPS) is 14.5. The number of carbonyl (C=O) groups excluding carboxylic acids is 1. The maximum atomic E-state index is 10.8. The Balaban J connectivity index is 2.48. The lowest BCUT2D eigenvalue weighted by molar-refractivity contribution is -0.113. The standard InChI is InChI=1S/C8H7N2O2/c11-6-3-1-2-5-8(6)9-4-7(12)10-5/h1-4,9,11H,(H,10,12). The zero-order chi connectivity index (χ0) is 8.55. The molecule has 1 aromatic carbocycles. The molecule has 0 aliphatic carbocycles. The second-order valence-corrected chi connectivity index (χ2v) is 2.48. The van der Waals surface area contributed by atoms with E-state index in [1.165, 1.54) is 6.54 Å². The van der Waals surface area contributed by atoms with Crippen LogP contribution in [0.3, 0.4) is 0 Å². The zero-order valence-corrected chi connectivity index (χ0v) is 6.16. The van der Waals surface area contributed by atoms with Gasteiger partial charge in [-0.25, -0.2) is 0 Å². The SMILES string of the molecule is O=C1[CH]Nc2c(O)cccc2N1. The fourth-order valence-corrected chi connectivity index (χ4v) is 1.10. The highest BCUT2D eigenvalue weighted by Gasteiger charge is 2.16. The van der Waals surface area contributed by atoms with E-state index in [2.05, 4.69) is 10.6 Å². The summed E-state index contributed by atoms with van der Waals surface area (Å²) >= 11 is 0. The second-order valence-electron chi connectivity index (χ2n) is 2.48. The number of nitrogens with one attached hydrogen (secondary N) is 2. The average molecular weight is 163 g/mol. The van der Waals surface area contributed by atoms with E-state index in [0.29, 0.717) is 11.4 Å². The molecule has 0 bridgehead atoms. The Labute approximate surface area is 69.2 Å². The topological polar surface area (TPSA) is 61.4 Å². The molecule has 1 radical (unpaired) electrons. The van der Waals surface area contributed by atoms with Crippen molar-refractivity contribution in [2.24, 2.45) is 0 Å². The summed E-state index contributed by atoms with van der Waals surface area (Å²) in [7, 11) is 0. The number of rotatable bonds is 0. The molecule has 0 atom stereocenters. The van der Waals surface area contributed by atoms with Crippen LogP contribution in [0.5, 0.6) is 5.75 Å². The summed E-state index contributed by atoms with van der Waals surface area (Å²) in [5.41, 5.74) is 1.14. The van der Waals surface area contributed by atoms with Crippen LogP contribution in [0.4, 0.5) is 11.4 Å². The number of phenols is 1. The van der Waals surface area contributed by atoms with E-state index >= 15 is 0 Å². The summed E-state index contributed by atoms with van der Waals surface area (Å²) in [6.45, 7) is 1.27. The quantitative estimate of drug-likeness (QED) is 0.498. The molecule has 0 saturated heterocycles. The molecule has 0 aromatic heterocycles. The van der Waals surface area contributed by atoms with Gasteiger partial charge in [0, 0.05) is 0 Å². The van der Waals surface area contributed by atoms with E-state index in [0.717, 1.165) is 0 Å². The molecule has 4 heteroatoms. The van der Waals surface area contributed by atoms with Crippen LogP contribution < -0.4 is 10.6 Å². The maximum Gasteiger partial charge on any atom is 0.249 e. The van der Waals surface area contributed by atoms with Crippen molar-refractivity contribution in [3.63, 3.8) is 0 Å². The molecule has 0 saturated carbocycles. The van der Waals surface area contributed by atoms with Gasteiger partial charge in [-0.3, -0.25) is 4.79 Å². The van der Waals surface area contributed by atoms with Gasteiger partial charge in [-0.2, -0.15) is 0 Å². The minimum absolute atomic E-state index is 0.128. The van der Waals surface area contributed by atoms with Crippen molar-refractivity contribution in [3.8, 4) is 5.75 Å². The van der Waals surface area contributed by atoms with Gasteiger partial charge in [0.25, 0.3) is 0 Å². The van der Waals surface area contributed by atoms with E-state index < -0.39 is 0 Å². The predicted molar refractivity (Wildman–Crippen MR) is 44.7 cm³/mol. The number of phenolic OH excluding ortho intramolecular Hbond substituents is 1. The van der Waals surface area contributed by atoms with Crippen LogP contribution in [-0.4, -0.2) is 11.0 Å². The fourth-order valence-electron chi connectivity index (χ4n) is 1.10. The number of hydrogen-bond donors (Lipinski definition) is 3. The van der Waals surface area contributed by atoms with Crippen LogP contribution in [0.25, 0.3) is 0 Å². The van der Waals surface area contributed by atoms with Crippen LogP contribution >= 0.6 is 0 Å². The summed E-state index contributed by atoms with van der Waals surface area (Å²) < 4.78 is 0. The lowest BCUT2D eigenvalue weighted by Crippen LogP contribution is -2.22. The highest BCUT2D eigenvalue weighted by Crippen LogP contribution is 2.33. The highest BCUT2D eigenvalue weighted by atomic mass is 16.3. The van der Waals surface area contributed by atoms with E-state index in [-0.39, 0.29) is 11.7 Å². The Morgan fingerprint density at radius 2 is 2.17 bits per heavy atom. The van der Waals surface area contributed by atoms with E-state index in [9.17, 15) is 9.90 Å². The first-order valence-electron chi connectivity index (χ1n) is 3.50. The van der Waals surface area contributed by atoms with Crippen LogP contribution in [0.15, 0.2) is 18.2 Å². The third-order valence-electron chi connectivity index (χ3n) is 1.65. The lowest BCUT2D eigenvalue weighted by Gasteiger charge is -2.18. The number of benzene rings is 1. The molecule has 1 heterocycles. The van der Waals surface area contributed by atoms with Crippen LogP contribution in [0.1, 0.15) is 0 Å². The van der Waals surface area contributed by atoms with Gasteiger partial charge >= 0.3 is 0 Å². The monoisotopic (exact) mass is 163 g/mol. The number of hydrogen-bond acceptors (Lipinski definition) is 3. The van der Waals surface area contributed by atoms with Crippen LogP contribution in [0, 0.1) is 6.54 Å². The van der Waals surface area contributed by atoms with E-state index in [4.69, 9.17) is 0 Å². The summed E-state index contributed by atoms with van der Waals surface area (Å²) in [4.78, 5) is 10.8. The first-order valence-corrected chi connectivity index (χ1v) is 3.50. The molecule has 3 N–H and O–H groups in total. The van der Waals surface area contributed by atoms with Gasteiger partial charge in [0.2, 0.25) is 5.91 Å². The Morgan fingerprint density at radius 1 is 1.33 bits per heavy atom. The van der Waals surface area contributed by atoms with Crippen LogP contribution in [0.2, 0.25) is 0 Å². The molecule has 2 rings (SSSR count). The van der Waals surface area contributed by atoms with Crippen molar-refractivity contribution in [1.82, 2.24) is 0 Å². The Bertz CT molecular complexity index is 336. The molecule has 0 spiro atoms. The van der Waals surface area contributed by atoms with Gasteiger partial charge in [0.05, 0.1) is 5.69 Å².